The van der Waals surface area contributed by atoms with E-state index in [4.69, 9.17) is 0 Å². The Morgan fingerprint density at radius 3 is 2.37 bits per heavy atom. The van der Waals surface area contributed by atoms with Crippen molar-refractivity contribution in [1.82, 2.24) is 24.6 Å². The number of benzene rings is 1. The molecule has 1 fully saturated rings. The minimum atomic E-state index is 0.113. The largest absolute Gasteiger partial charge is 0.336 e. The average Bonchev–Trinajstić information content (AvgIpc) is 3.22. The van der Waals surface area contributed by atoms with Crippen LogP contribution >= 0.6 is 0 Å². The topological polar surface area (TPSA) is 54.3 Å². The van der Waals surface area contributed by atoms with Crippen molar-refractivity contribution in [3.63, 3.8) is 0 Å². The Bertz CT molecular complexity index is 853. The third kappa shape index (κ3) is 4.41. The summed E-state index contributed by atoms with van der Waals surface area (Å²) in [7, 11) is 0. The Hall–Kier alpha value is -2.99. The van der Waals surface area contributed by atoms with Gasteiger partial charge in [0.15, 0.2) is 0 Å². The molecule has 0 spiro atoms. The third-order valence-electron chi connectivity index (χ3n) is 4.89. The van der Waals surface area contributed by atoms with E-state index in [9.17, 15) is 4.79 Å². The van der Waals surface area contributed by atoms with Crippen molar-refractivity contribution >= 4 is 5.91 Å². The number of nitrogens with zero attached hydrogens (tertiary/aromatic N) is 5. The number of amides is 1. The van der Waals surface area contributed by atoms with E-state index in [-0.39, 0.29) is 5.91 Å². The second kappa shape index (κ2) is 8.14. The summed E-state index contributed by atoms with van der Waals surface area (Å²) in [5.41, 5.74) is 3.10. The molecule has 0 atom stereocenters. The standard InChI is InChI=1S/C21H23N5O/c27-21(20-6-4-18(5-7-20)17-26-10-2-9-23-26)25-13-11-24(12-14-25)16-19-3-1-8-22-15-19/h1-10,15H,11-14,16-17H2. The molecule has 1 aromatic carbocycles. The molecule has 4 rings (SSSR count). The van der Waals surface area contributed by atoms with E-state index in [1.165, 1.54) is 5.56 Å². The van der Waals surface area contributed by atoms with Crippen LogP contribution in [-0.2, 0) is 13.1 Å². The van der Waals surface area contributed by atoms with E-state index >= 15 is 0 Å². The van der Waals surface area contributed by atoms with Gasteiger partial charge in [0, 0.05) is 63.1 Å². The quantitative estimate of drug-likeness (QED) is 0.700. The minimum absolute atomic E-state index is 0.113. The second-order valence-corrected chi connectivity index (χ2v) is 6.83. The molecule has 0 bridgehead atoms. The number of piperazine rings is 1. The van der Waals surface area contributed by atoms with Crippen molar-refractivity contribution in [2.75, 3.05) is 26.2 Å². The predicted octanol–water partition coefficient (Wildman–Crippen LogP) is 2.28. The zero-order chi connectivity index (χ0) is 18.5. The molecule has 3 aromatic rings. The summed E-state index contributed by atoms with van der Waals surface area (Å²) < 4.78 is 1.87. The monoisotopic (exact) mass is 361 g/mol. The number of aromatic nitrogens is 3. The van der Waals surface area contributed by atoms with Gasteiger partial charge in [-0.25, -0.2) is 0 Å². The van der Waals surface area contributed by atoms with Crippen molar-refractivity contribution in [1.29, 1.82) is 0 Å². The van der Waals surface area contributed by atoms with Crippen molar-refractivity contribution in [3.8, 4) is 0 Å². The molecule has 1 saturated heterocycles. The highest BCUT2D eigenvalue weighted by molar-refractivity contribution is 5.94. The number of carbonyl (C=O) groups excluding carboxylic acids is 1. The fraction of sp³-hybridized carbons (Fsp3) is 0.286. The van der Waals surface area contributed by atoms with Crippen LogP contribution in [0.15, 0.2) is 67.3 Å². The molecule has 3 heterocycles. The highest BCUT2D eigenvalue weighted by Gasteiger charge is 2.22. The Kier molecular flexibility index (Phi) is 5.25. The first-order valence-corrected chi connectivity index (χ1v) is 9.25. The predicted molar refractivity (Wildman–Crippen MR) is 103 cm³/mol. The molecular weight excluding hydrogens is 338 g/mol. The maximum absolute atomic E-state index is 12.8. The van der Waals surface area contributed by atoms with E-state index in [1.54, 1.807) is 12.4 Å². The van der Waals surface area contributed by atoms with E-state index in [1.807, 2.05) is 58.4 Å². The molecular formula is C21H23N5O. The highest BCUT2D eigenvalue weighted by Crippen LogP contribution is 2.13. The zero-order valence-corrected chi connectivity index (χ0v) is 15.2. The Morgan fingerprint density at radius 1 is 0.889 bits per heavy atom. The second-order valence-electron chi connectivity index (χ2n) is 6.83. The fourth-order valence-corrected chi connectivity index (χ4v) is 3.38. The summed E-state index contributed by atoms with van der Waals surface area (Å²) >= 11 is 0. The number of carbonyl (C=O) groups is 1. The summed E-state index contributed by atoms with van der Waals surface area (Å²) in [5.74, 6) is 0.113. The van der Waals surface area contributed by atoms with Crippen molar-refractivity contribution in [2.24, 2.45) is 0 Å². The Labute approximate surface area is 159 Å². The van der Waals surface area contributed by atoms with Gasteiger partial charge in [-0.15, -0.1) is 0 Å². The molecule has 1 aliphatic heterocycles. The van der Waals surface area contributed by atoms with Gasteiger partial charge in [-0.3, -0.25) is 19.4 Å². The molecule has 0 aliphatic carbocycles. The molecule has 6 heteroatoms. The minimum Gasteiger partial charge on any atom is -0.336 e. The molecule has 0 unspecified atom stereocenters. The lowest BCUT2D eigenvalue weighted by Gasteiger charge is -2.34. The average molecular weight is 361 g/mol. The van der Waals surface area contributed by atoms with E-state index in [0.717, 1.165) is 43.9 Å². The van der Waals surface area contributed by atoms with Crippen LogP contribution in [0.25, 0.3) is 0 Å². The summed E-state index contributed by atoms with van der Waals surface area (Å²) in [6.45, 7) is 4.89. The Morgan fingerprint density at radius 2 is 1.70 bits per heavy atom. The van der Waals surface area contributed by atoms with Gasteiger partial charge in [0.05, 0.1) is 6.54 Å². The van der Waals surface area contributed by atoms with Crippen LogP contribution in [0.1, 0.15) is 21.5 Å². The van der Waals surface area contributed by atoms with Crippen LogP contribution in [0.2, 0.25) is 0 Å². The first-order valence-electron chi connectivity index (χ1n) is 9.25. The van der Waals surface area contributed by atoms with E-state index in [0.29, 0.717) is 6.54 Å². The molecule has 6 nitrogen and oxygen atoms in total. The number of pyridine rings is 1. The van der Waals surface area contributed by atoms with Gasteiger partial charge in [0.25, 0.3) is 5.91 Å². The van der Waals surface area contributed by atoms with Gasteiger partial charge in [-0.1, -0.05) is 18.2 Å². The van der Waals surface area contributed by atoms with E-state index in [2.05, 4.69) is 21.0 Å². The molecule has 1 aliphatic rings. The molecule has 1 amide bonds. The summed E-state index contributed by atoms with van der Waals surface area (Å²) in [4.78, 5) is 21.3. The molecule has 0 radical (unpaired) electrons. The fourth-order valence-electron chi connectivity index (χ4n) is 3.38. The molecule has 2 aromatic heterocycles. The number of hydrogen-bond acceptors (Lipinski definition) is 4. The molecule has 0 N–H and O–H groups in total. The van der Waals surface area contributed by atoms with Gasteiger partial charge < -0.3 is 4.90 Å². The first-order chi connectivity index (χ1) is 13.3. The van der Waals surface area contributed by atoms with Gasteiger partial charge >= 0.3 is 0 Å². The maximum Gasteiger partial charge on any atom is 0.253 e. The SMILES string of the molecule is O=C(c1ccc(Cn2cccn2)cc1)N1CCN(Cc2cccnc2)CC1. The van der Waals surface area contributed by atoms with Crippen LogP contribution in [0, 0.1) is 0 Å². The van der Waals surface area contributed by atoms with Crippen LogP contribution in [-0.4, -0.2) is 56.7 Å². The van der Waals surface area contributed by atoms with Crippen molar-refractivity contribution < 1.29 is 4.79 Å². The van der Waals surface area contributed by atoms with Crippen LogP contribution < -0.4 is 0 Å². The molecule has 138 valence electrons. The lowest BCUT2D eigenvalue weighted by molar-refractivity contribution is 0.0628. The van der Waals surface area contributed by atoms with E-state index < -0.39 is 0 Å². The number of rotatable bonds is 5. The van der Waals surface area contributed by atoms with Crippen LogP contribution in [0.5, 0.6) is 0 Å². The smallest absolute Gasteiger partial charge is 0.253 e. The lowest BCUT2D eigenvalue weighted by atomic mass is 10.1. The molecule has 27 heavy (non-hydrogen) atoms. The van der Waals surface area contributed by atoms with Crippen LogP contribution in [0.4, 0.5) is 0 Å². The maximum atomic E-state index is 12.8. The van der Waals surface area contributed by atoms with Crippen molar-refractivity contribution in [2.45, 2.75) is 13.1 Å². The van der Waals surface area contributed by atoms with Gasteiger partial charge in [-0.2, -0.15) is 5.10 Å². The zero-order valence-electron chi connectivity index (χ0n) is 15.2. The third-order valence-corrected chi connectivity index (χ3v) is 4.89. The first kappa shape index (κ1) is 17.4. The lowest BCUT2D eigenvalue weighted by Crippen LogP contribution is -2.48. The van der Waals surface area contributed by atoms with Crippen molar-refractivity contribution in [3.05, 3.63) is 83.9 Å². The van der Waals surface area contributed by atoms with Crippen LogP contribution in [0.3, 0.4) is 0 Å². The van der Waals surface area contributed by atoms with Gasteiger partial charge in [-0.05, 0) is 35.4 Å². The van der Waals surface area contributed by atoms with Gasteiger partial charge in [0.2, 0.25) is 0 Å². The summed E-state index contributed by atoms with van der Waals surface area (Å²) in [6.07, 6.45) is 7.40. The normalized spacial score (nSPS) is 15.0. The molecule has 0 saturated carbocycles. The Balaban J connectivity index is 1.31. The van der Waals surface area contributed by atoms with Gasteiger partial charge in [0.1, 0.15) is 0 Å². The summed E-state index contributed by atoms with van der Waals surface area (Å²) in [6, 6.07) is 13.8. The highest BCUT2D eigenvalue weighted by atomic mass is 16.2. The number of hydrogen-bond donors (Lipinski definition) is 0. The summed E-state index contributed by atoms with van der Waals surface area (Å²) in [5, 5.41) is 4.21.